The van der Waals surface area contributed by atoms with Crippen molar-refractivity contribution in [1.82, 2.24) is 9.97 Å². The predicted octanol–water partition coefficient (Wildman–Crippen LogP) is 3.51. The van der Waals surface area contributed by atoms with Crippen molar-refractivity contribution in [3.63, 3.8) is 0 Å². The summed E-state index contributed by atoms with van der Waals surface area (Å²) < 4.78 is 33.4. The minimum absolute atomic E-state index is 0.214. The zero-order valence-electron chi connectivity index (χ0n) is 15.9. The van der Waals surface area contributed by atoms with E-state index in [9.17, 15) is 8.42 Å². The van der Waals surface area contributed by atoms with Crippen molar-refractivity contribution >= 4 is 21.5 Å². The number of methoxy groups -OCH3 is 1. The highest BCUT2D eigenvalue weighted by molar-refractivity contribution is 7.92. The quantitative estimate of drug-likeness (QED) is 0.633. The van der Waals surface area contributed by atoms with Crippen LogP contribution in [-0.2, 0) is 16.6 Å². The third-order valence-corrected chi connectivity index (χ3v) is 5.74. The lowest BCUT2D eigenvalue weighted by Crippen LogP contribution is -2.15. The number of sulfonamides is 1. The van der Waals surface area contributed by atoms with Crippen LogP contribution in [-0.4, -0.2) is 25.5 Å². The van der Waals surface area contributed by atoms with Crippen LogP contribution in [0.1, 0.15) is 16.7 Å². The van der Waals surface area contributed by atoms with Crippen molar-refractivity contribution in [2.24, 2.45) is 0 Å². The molecule has 0 radical (unpaired) electrons. The van der Waals surface area contributed by atoms with Gasteiger partial charge in [0, 0.05) is 18.9 Å². The summed E-state index contributed by atoms with van der Waals surface area (Å²) in [6, 6.07) is 10.5. The van der Waals surface area contributed by atoms with Crippen LogP contribution in [0.5, 0.6) is 5.75 Å². The van der Waals surface area contributed by atoms with Crippen molar-refractivity contribution in [2.45, 2.75) is 25.3 Å². The maximum Gasteiger partial charge on any atom is 0.262 e. The fourth-order valence-corrected chi connectivity index (χ4v) is 4.09. The van der Waals surface area contributed by atoms with Gasteiger partial charge in [0.1, 0.15) is 11.6 Å². The first-order valence-corrected chi connectivity index (χ1v) is 10.1. The number of hydrogen-bond acceptors (Lipinski definition) is 6. The third kappa shape index (κ3) is 4.58. The Morgan fingerprint density at radius 1 is 1.04 bits per heavy atom. The highest BCUT2D eigenvalue weighted by atomic mass is 32.2. The molecule has 0 saturated heterocycles. The van der Waals surface area contributed by atoms with Crippen molar-refractivity contribution < 1.29 is 13.2 Å². The number of nitrogens with one attached hydrogen (secondary N) is 2. The normalized spacial score (nSPS) is 11.1. The predicted molar refractivity (Wildman–Crippen MR) is 109 cm³/mol. The number of hydrogen-bond donors (Lipinski definition) is 2. The lowest BCUT2D eigenvalue weighted by atomic mass is 10.1. The van der Waals surface area contributed by atoms with Gasteiger partial charge in [-0.25, -0.2) is 13.4 Å². The van der Waals surface area contributed by atoms with Gasteiger partial charge < -0.3 is 10.1 Å². The number of rotatable bonds is 7. The molecule has 0 aliphatic rings. The lowest BCUT2D eigenvalue weighted by molar-refractivity contribution is 0.411. The van der Waals surface area contributed by atoms with Crippen molar-refractivity contribution in [3.05, 3.63) is 71.7 Å². The summed E-state index contributed by atoms with van der Waals surface area (Å²) in [5.41, 5.74) is 2.83. The number of aryl methyl sites for hydroxylation is 2. The topological polar surface area (TPSA) is 93.2 Å². The van der Waals surface area contributed by atoms with E-state index < -0.39 is 10.0 Å². The maximum absolute atomic E-state index is 12.8. The molecule has 2 N–H and O–H groups in total. The molecule has 0 fully saturated rings. The van der Waals surface area contributed by atoms with Crippen LogP contribution < -0.4 is 14.8 Å². The van der Waals surface area contributed by atoms with Gasteiger partial charge in [0.2, 0.25) is 0 Å². The summed E-state index contributed by atoms with van der Waals surface area (Å²) in [5, 5.41) is 3.18. The highest BCUT2D eigenvalue weighted by Gasteiger charge is 2.19. The van der Waals surface area contributed by atoms with Gasteiger partial charge in [0.25, 0.3) is 10.0 Å². The first-order valence-electron chi connectivity index (χ1n) is 8.66. The van der Waals surface area contributed by atoms with Crippen LogP contribution in [0.4, 0.5) is 11.5 Å². The molecule has 0 atom stereocenters. The molecule has 146 valence electrons. The molecule has 0 amide bonds. The molecule has 2 aromatic heterocycles. The number of pyridine rings is 2. The van der Waals surface area contributed by atoms with Crippen molar-refractivity contribution in [2.75, 3.05) is 17.1 Å². The Balaban J connectivity index is 1.72. The van der Waals surface area contributed by atoms with Crippen molar-refractivity contribution in [1.29, 1.82) is 0 Å². The number of nitrogens with zero attached hydrogens (tertiary/aromatic N) is 2. The van der Waals surface area contributed by atoms with Gasteiger partial charge in [0.15, 0.2) is 0 Å². The number of benzene rings is 1. The van der Waals surface area contributed by atoms with Crippen LogP contribution in [0.25, 0.3) is 0 Å². The highest BCUT2D eigenvalue weighted by Crippen LogP contribution is 2.27. The summed E-state index contributed by atoms with van der Waals surface area (Å²) in [6.07, 6.45) is 4.94. The molecule has 3 aromatic rings. The fraction of sp³-hybridized carbons (Fsp3) is 0.200. The molecule has 8 heteroatoms. The van der Waals surface area contributed by atoms with Gasteiger partial charge in [-0.05, 0) is 66.9 Å². The standard InChI is InChI=1S/C20H22N4O3S/c1-14-11-19(15(2)10-18(14)27-3)28(25,26)24-17-4-5-20(23-13-17)22-12-16-6-8-21-9-7-16/h4-11,13,24H,12H2,1-3H3,(H,22,23). The summed E-state index contributed by atoms with van der Waals surface area (Å²) >= 11 is 0. The molecule has 2 heterocycles. The smallest absolute Gasteiger partial charge is 0.262 e. The van der Waals surface area contributed by atoms with Crippen LogP contribution in [0.3, 0.4) is 0 Å². The second kappa shape index (κ2) is 8.26. The van der Waals surface area contributed by atoms with E-state index in [2.05, 4.69) is 20.0 Å². The Kier molecular flexibility index (Phi) is 5.79. The Morgan fingerprint density at radius 2 is 1.79 bits per heavy atom. The van der Waals surface area contributed by atoms with Gasteiger partial charge in [-0.1, -0.05) is 0 Å². The number of aromatic nitrogens is 2. The van der Waals surface area contributed by atoms with Gasteiger partial charge in [-0.3, -0.25) is 9.71 Å². The average Bonchev–Trinajstić information content (AvgIpc) is 2.69. The SMILES string of the molecule is COc1cc(C)c(S(=O)(=O)Nc2ccc(NCc3ccncc3)nc2)cc1C. The van der Waals surface area contributed by atoms with Crippen LogP contribution in [0.15, 0.2) is 59.9 Å². The van der Waals surface area contributed by atoms with E-state index >= 15 is 0 Å². The monoisotopic (exact) mass is 398 g/mol. The molecule has 28 heavy (non-hydrogen) atoms. The Labute approximate surface area is 164 Å². The summed E-state index contributed by atoms with van der Waals surface area (Å²) in [6.45, 7) is 4.15. The van der Waals surface area contributed by atoms with E-state index in [1.165, 1.54) is 6.20 Å². The lowest BCUT2D eigenvalue weighted by Gasteiger charge is -2.13. The molecule has 0 saturated carbocycles. The third-order valence-electron chi connectivity index (χ3n) is 4.22. The first-order chi connectivity index (χ1) is 13.4. The molecule has 7 nitrogen and oxygen atoms in total. The maximum atomic E-state index is 12.8. The second-order valence-corrected chi connectivity index (χ2v) is 7.98. The minimum atomic E-state index is -3.73. The molecule has 0 bridgehead atoms. The van der Waals surface area contributed by atoms with Crippen LogP contribution >= 0.6 is 0 Å². The average molecular weight is 398 g/mol. The van der Waals surface area contributed by atoms with Crippen molar-refractivity contribution in [3.8, 4) is 5.75 Å². The molecule has 0 unspecified atom stereocenters. The number of anilines is 2. The molecule has 0 aliphatic carbocycles. The fourth-order valence-electron chi connectivity index (χ4n) is 2.73. The Bertz CT molecular complexity index is 1050. The minimum Gasteiger partial charge on any atom is -0.496 e. The second-order valence-electron chi connectivity index (χ2n) is 6.33. The van der Waals surface area contributed by atoms with Gasteiger partial charge >= 0.3 is 0 Å². The Morgan fingerprint density at radius 3 is 2.43 bits per heavy atom. The summed E-state index contributed by atoms with van der Waals surface area (Å²) in [7, 11) is -2.17. The van der Waals surface area contributed by atoms with Gasteiger partial charge in [-0.2, -0.15) is 0 Å². The Hall–Kier alpha value is -3.13. The van der Waals surface area contributed by atoms with E-state index in [0.29, 0.717) is 29.4 Å². The van der Waals surface area contributed by atoms with Gasteiger partial charge in [0.05, 0.1) is 23.9 Å². The molecule has 3 rings (SSSR count). The largest absolute Gasteiger partial charge is 0.496 e. The molecule has 0 aliphatic heterocycles. The summed E-state index contributed by atoms with van der Waals surface area (Å²) in [4.78, 5) is 8.46. The zero-order chi connectivity index (χ0) is 20.1. The summed E-state index contributed by atoms with van der Waals surface area (Å²) in [5.74, 6) is 1.30. The van der Waals surface area contributed by atoms with Crippen LogP contribution in [0.2, 0.25) is 0 Å². The molecular formula is C20H22N4O3S. The first kappa shape index (κ1) is 19.6. The molecule has 0 spiro atoms. The molecule has 1 aromatic carbocycles. The number of ether oxygens (including phenoxy) is 1. The van der Waals surface area contributed by atoms with E-state index in [1.807, 2.05) is 19.1 Å². The van der Waals surface area contributed by atoms with E-state index in [-0.39, 0.29) is 4.90 Å². The van der Waals surface area contributed by atoms with Crippen LogP contribution in [0, 0.1) is 13.8 Å². The van der Waals surface area contributed by atoms with Gasteiger partial charge in [-0.15, -0.1) is 0 Å². The zero-order valence-corrected chi connectivity index (χ0v) is 16.7. The van der Waals surface area contributed by atoms with E-state index in [0.717, 1.165) is 11.1 Å². The molecular weight excluding hydrogens is 376 g/mol. The van der Waals surface area contributed by atoms with E-state index in [1.54, 1.807) is 50.7 Å². The van der Waals surface area contributed by atoms with E-state index in [4.69, 9.17) is 4.74 Å².